The second-order valence-corrected chi connectivity index (χ2v) is 11.8. The summed E-state index contributed by atoms with van der Waals surface area (Å²) in [6.07, 6.45) is 3.65. The number of aromatic nitrogens is 1. The van der Waals surface area contributed by atoms with Crippen LogP contribution in [0, 0.1) is 0 Å². The Labute approximate surface area is 119 Å². The van der Waals surface area contributed by atoms with Crippen LogP contribution < -0.4 is 0 Å². The smallest absolute Gasteiger partial charge is 0.193 e. The first-order valence-corrected chi connectivity index (χ1v) is 9.69. The van der Waals surface area contributed by atoms with E-state index in [2.05, 4.69) is 59.3 Å². The zero-order valence-corrected chi connectivity index (χ0v) is 14.4. The molecule has 2 nitrogen and oxygen atoms in total. The second-order valence-electron chi connectivity index (χ2n) is 7.05. The summed E-state index contributed by atoms with van der Waals surface area (Å²) in [7, 11) is -1.81. The Morgan fingerprint density at radius 1 is 1.16 bits per heavy atom. The molecule has 3 heteroatoms. The van der Waals surface area contributed by atoms with Gasteiger partial charge in [-0.3, -0.25) is 4.98 Å². The zero-order valence-electron chi connectivity index (χ0n) is 13.4. The summed E-state index contributed by atoms with van der Waals surface area (Å²) in [6.45, 7) is 19.3. The van der Waals surface area contributed by atoms with Gasteiger partial charge in [0.25, 0.3) is 0 Å². The summed E-state index contributed by atoms with van der Waals surface area (Å²) in [5.74, 6) is 0. The number of rotatable bonds is 4. The van der Waals surface area contributed by atoms with E-state index in [9.17, 15) is 0 Å². The Balaban J connectivity index is 3.00. The fourth-order valence-electron chi connectivity index (χ4n) is 1.73. The molecule has 106 valence electrons. The fourth-order valence-corrected chi connectivity index (χ4v) is 3.41. The van der Waals surface area contributed by atoms with Gasteiger partial charge in [0.15, 0.2) is 8.32 Å². The monoisotopic (exact) mass is 277 g/mol. The minimum absolute atomic E-state index is 0.200. The van der Waals surface area contributed by atoms with E-state index in [-0.39, 0.29) is 10.6 Å². The maximum atomic E-state index is 6.50. The normalized spacial score (nSPS) is 13.4. The first-order chi connectivity index (χ1) is 8.49. The van der Waals surface area contributed by atoms with Crippen molar-refractivity contribution in [1.29, 1.82) is 0 Å². The molecule has 0 amide bonds. The minimum atomic E-state index is -1.81. The third-order valence-corrected chi connectivity index (χ3v) is 8.59. The molecular formula is C16H27NOSi. The standard InChI is InChI=1S/C16H27NOSi/c1-9-13-10-11-14(17-12-13)16(5,6)18-19(7,8)15(2,3)4/h9-12H,1H2,2-8H3. The largest absolute Gasteiger partial charge is 0.406 e. The van der Waals surface area contributed by atoms with Crippen molar-refractivity contribution in [1.82, 2.24) is 4.98 Å². The van der Waals surface area contributed by atoms with E-state index in [1.807, 2.05) is 18.3 Å². The van der Waals surface area contributed by atoms with Gasteiger partial charge in [0, 0.05) is 6.20 Å². The van der Waals surface area contributed by atoms with Crippen molar-refractivity contribution in [3.05, 3.63) is 36.2 Å². The van der Waals surface area contributed by atoms with Gasteiger partial charge in [0.2, 0.25) is 0 Å². The molecule has 0 radical (unpaired) electrons. The molecule has 0 bridgehead atoms. The van der Waals surface area contributed by atoms with Crippen LogP contribution >= 0.6 is 0 Å². The summed E-state index contributed by atoms with van der Waals surface area (Å²) in [4.78, 5) is 4.51. The van der Waals surface area contributed by atoms with Crippen LogP contribution in [0.2, 0.25) is 18.1 Å². The quantitative estimate of drug-likeness (QED) is 0.724. The number of hydrogen-bond acceptors (Lipinski definition) is 2. The lowest BCUT2D eigenvalue weighted by Crippen LogP contribution is -2.46. The molecule has 0 saturated carbocycles. The van der Waals surface area contributed by atoms with Crippen LogP contribution in [0.4, 0.5) is 0 Å². The van der Waals surface area contributed by atoms with Crippen LogP contribution in [-0.4, -0.2) is 13.3 Å². The van der Waals surface area contributed by atoms with E-state index in [0.717, 1.165) is 11.3 Å². The van der Waals surface area contributed by atoms with Gasteiger partial charge in [-0.2, -0.15) is 0 Å². The third-order valence-electron chi connectivity index (χ3n) is 3.96. The molecule has 0 aliphatic carbocycles. The summed E-state index contributed by atoms with van der Waals surface area (Å²) in [6, 6.07) is 4.07. The molecule has 0 spiro atoms. The third kappa shape index (κ3) is 3.77. The van der Waals surface area contributed by atoms with Crippen molar-refractivity contribution < 1.29 is 4.43 Å². The van der Waals surface area contributed by atoms with Gasteiger partial charge in [0.05, 0.1) is 11.3 Å². The summed E-state index contributed by atoms with van der Waals surface area (Å²) < 4.78 is 6.50. The van der Waals surface area contributed by atoms with Crippen molar-refractivity contribution in [2.45, 2.75) is 58.4 Å². The average Bonchev–Trinajstić information content (AvgIpc) is 2.26. The van der Waals surface area contributed by atoms with E-state index in [4.69, 9.17) is 4.43 Å². The fraction of sp³-hybridized carbons (Fsp3) is 0.562. The topological polar surface area (TPSA) is 22.1 Å². The van der Waals surface area contributed by atoms with Gasteiger partial charge < -0.3 is 4.43 Å². The molecule has 0 fully saturated rings. The Morgan fingerprint density at radius 2 is 1.74 bits per heavy atom. The first kappa shape index (κ1) is 16.1. The van der Waals surface area contributed by atoms with Crippen molar-refractivity contribution in [3.8, 4) is 0 Å². The Bertz CT molecular complexity index is 441. The highest BCUT2D eigenvalue weighted by Gasteiger charge is 2.42. The molecule has 0 N–H and O–H groups in total. The molecule has 19 heavy (non-hydrogen) atoms. The Morgan fingerprint density at radius 3 is 2.11 bits per heavy atom. The lowest BCUT2D eigenvalue weighted by molar-refractivity contribution is 0.0856. The van der Waals surface area contributed by atoms with Crippen molar-refractivity contribution in [3.63, 3.8) is 0 Å². The molecular weight excluding hydrogens is 250 g/mol. The van der Waals surface area contributed by atoms with E-state index < -0.39 is 8.32 Å². The predicted octanol–water partition coefficient (Wildman–Crippen LogP) is 4.98. The van der Waals surface area contributed by atoms with E-state index in [0.29, 0.717) is 0 Å². The molecule has 0 aliphatic heterocycles. The molecule has 1 heterocycles. The van der Waals surface area contributed by atoms with E-state index in [1.165, 1.54) is 0 Å². The van der Waals surface area contributed by atoms with Crippen LogP contribution in [0.1, 0.15) is 45.9 Å². The molecule has 0 atom stereocenters. The lowest BCUT2D eigenvalue weighted by atomic mass is 10.0. The molecule has 0 saturated heterocycles. The number of nitrogens with zero attached hydrogens (tertiary/aromatic N) is 1. The predicted molar refractivity (Wildman–Crippen MR) is 85.6 cm³/mol. The molecule has 0 unspecified atom stereocenters. The summed E-state index contributed by atoms with van der Waals surface area (Å²) >= 11 is 0. The molecule has 1 aromatic heterocycles. The van der Waals surface area contributed by atoms with E-state index in [1.54, 1.807) is 6.08 Å². The van der Waals surface area contributed by atoms with Crippen molar-refractivity contribution in [2.75, 3.05) is 0 Å². The van der Waals surface area contributed by atoms with Gasteiger partial charge >= 0.3 is 0 Å². The van der Waals surface area contributed by atoms with Crippen molar-refractivity contribution in [2.24, 2.45) is 0 Å². The average molecular weight is 277 g/mol. The van der Waals surface area contributed by atoms with Crippen molar-refractivity contribution >= 4 is 14.4 Å². The summed E-state index contributed by atoms with van der Waals surface area (Å²) in [5, 5.41) is 0.200. The maximum Gasteiger partial charge on any atom is 0.193 e. The first-order valence-electron chi connectivity index (χ1n) is 6.79. The van der Waals surface area contributed by atoms with Crippen LogP contribution in [-0.2, 0) is 10.0 Å². The number of pyridine rings is 1. The van der Waals surface area contributed by atoms with Gasteiger partial charge in [-0.1, -0.05) is 39.5 Å². The minimum Gasteiger partial charge on any atom is -0.406 e. The highest BCUT2D eigenvalue weighted by molar-refractivity contribution is 6.74. The van der Waals surface area contributed by atoms with Crippen LogP contribution in [0.15, 0.2) is 24.9 Å². The van der Waals surface area contributed by atoms with Gasteiger partial charge in [-0.15, -0.1) is 0 Å². The summed E-state index contributed by atoms with van der Waals surface area (Å²) in [5.41, 5.74) is 1.65. The molecule has 0 aliphatic rings. The van der Waals surface area contributed by atoms with Crippen LogP contribution in [0.25, 0.3) is 6.08 Å². The Hall–Kier alpha value is -0.933. The second kappa shape index (κ2) is 5.21. The van der Waals surface area contributed by atoms with Crippen LogP contribution in [0.3, 0.4) is 0 Å². The Kier molecular flexibility index (Phi) is 4.42. The lowest BCUT2D eigenvalue weighted by Gasteiger charge is -2.42. The zero-order chi connectivity index (χ0) is 14.9. The maximum absolute atomic E-state index is 6.50. The highest BCUT2D eigenvalue weighted by atomic mass is 28.4. The van der Waals surface area contributed by atoms with Crippen LogP contribution in [0.5, 0.6) is 0 Å². The molecule has 1 rings (SSSR count). The van der Waals surface area contributed by atoms with Gasteiger partial charge in [-0.25, -0.2) is 0 Å². The van der Waals surface area contributed by atoms with Gasteiger partial charge in [-0.05, 0) is 43.6 Å². The SMILES string of the molecule is C=Cc1ccc(C(C)(C)O[Si](C)(C)C(C)(C)C)nc1. The molecule has 0 aromatic carbocycles. The van der Waals surface area contributed by atoms with Gasteiger partial charge in [0.1, 0.15) is 0 Å². The van der Waals surface area contributed by atoms with E-state index >= 15 is 0 Å². The number of hydrogen-bond donors (Lipinski definition) is 0. The molecule has 1 aromatic rings. The highest BCUT2D eigenvalue weighted by Crippen LogP contribution is 2.41.